The van der Waals surface area contributed by atoms with E-state index in [0.29, 0.717) is 18.5 Å². The maximum absolute atomic E-state index is 11.9. The van der Waals surface area contributed by atoms with Gasteiger partial charge in [0.25, 0.3) is 0 Å². The second-order valence-corrected chi connectivity index (χ2v) is 5.51. The van der Waals surface area contributed by atoms with Crippen molar-refractivity contribution in [3.8, 4) is 0 Å². The van der Waals surface area contributed by atoms with Gasteiger partial charge in [-0.25, -0.2) is 9.59 Å². The summed E-state index contributed by atoms with van der Waals surface area (Å²) in [5.74, 6) is -1.15. The van der Waals surface area contributed by atoms with Crippen molar-refractivity contribution in [2.24, 2.45) is 0 Å². The Hall–Kier alpha value is -1.79. The standard InChI is InChI=1S/C14H17ClN2O4/c15-12-6-3-9(7-11(12)13(19)20)17-14(21)16-8-1-4-10(18)5-2-8/h3,6-8,10,18H,1-2,4-5H2,(H,19,20)(H2,16,17,21). The lowest BCUT2D eigenvalue weighted by atomic mass is 9.93. The summed E-state index contributed by atoms with van der Waals surface area (Å²) in [4.78, 5) is 22.8. The number of carbonyl (C=O) groups is 2. The van der Waals surface area contributed by atoms with E-state index in [1.54, 1.807) is 6.07 Å². The zero-order valence-corrected chi connectivity index (χ0v) is 12.1. The van der Waals surface area contributed by atoms with Crippen LogP contribution in [0.25, 0.3) is 0 Å². The third-order valence-corrected chi connectivity index (χ3v) is 3.82. The van der Waals surface area contributed by atoms with Gasteiger partial charge in [-0.05, 0) is 43.9 Å². The van der Waals surface area contributed by atoms with Crippen LogP contribution in [-0.4, -0.2) is 34.4 Å². The van der Waals surface area contributed by atoms with Crippen LogP contribution < -0.4 is 10.6 Å². The summed E-state index contributed by atoms with van der Waals surface area (Å²) in [6, 6.07) is 3.92. The molecule has 6 nitrogen and oxygen atoms in total. The third-order valence-electron chi connectivity index (χ3n) is 3.49. The number of amides is 2. The molecule has 0 aliphatic heterocycles. The number of carbonyl (C=O) groups excluding carboxylic acids is 1. The predicted molar refractivity (Wildman–Crippen MR) is 78.8 cm³/mol. The van der Waals surface area contributed by atoms with Crippen molar-refractivity contribution < 1.29 is 19.8 Å². The summed E-state index contributed by atoms with van der Waals surface area (Å²) in [5.41, 5.74) is 0.306. The Kier molecular flexibility index (Phi) is 5.03. The number of carboxylic acid groups (broad SMARTS) is 1. The first kappa shape index (κ1) is 15.6. The molecule has 0 heterocycles. The number of hydrogen-bond acceptors (Lipinski definition) is 3. The second-order valence-electron chi connectivity index (χ2n) is 5.10. The first-order valence-electron chi connectivity index (χ1n) is 6.74. The normalized spacial score (nSPS) is 21.6. The number of aromatic carboxylic acids is 1. The zero-order valence-electron chi connectivity index (χ0n) is 11.3. The van der Waals surface area contributed by atoms with E-state index in [0.717, 1.165) is 12.8 Å². The molecule has 0 aromatic heterocycles. The fourth-order valence-corrected chi connectivity index (χ4v) is 2.54. The van der Waals surface area contributed by atoms with E-state index in [1.165, 1.54) is 12.1 Å². The Balaban J connectivity index is 1.93. The van der Waals surface area contributed by atoms with Crippen LogP contribution >= 0.6 is 11.6 Å². The molecule has 2 rings (SSSR count). The van der Waals surface area contributed by atoms with Crippen molar-refractivity contribution in [1.29, 1.82) is 0 Å². The first-order valence-corrected chi connectivity index (χ1v) is 7.12. The van der Waals surface area contributed by atoms with E-state index in [9.17, 15) is 14.7 Å². The van der Waals surface area contributed by atoms with Gasteiger partial charge in [-0.1, -0.05) is 11.6 Å². The molecular weight excluding hydrogens is 296 g/mol. The molecule has 2 amide bonds. The monoisotopic (exact) mass is 312 g/mol. The smallest absolute Gasteiger partial charge is 0.337 e. The highest BCUT2D eigenvalue weighted by Crippen LogP contribution is 2.21. The lowest BCUT2D eigenvalue weighted by Crippen LogP contribution is -2.40. The molecule has 1 aliphatic carbocycles. The van der Waals surface area contributed by atoms with Gasteiger partial charge in [0.15, 0.2) is 0 Å². The number of aliphatic hydroxyl groups is 1. The lowest BCUT2D eigenvalue weighted by Gasteiger charge is -2.26. The number of anilines is 1. The molecule has 0 radical (unpaired) electrons. The summed E-state index contributed by atoms with van der Waals surface area (Å²) in [5, 5.41) is 23.9. The zero-order chi connectivity index (χ0) is 15.4. The highest BCUT2D eigenvalue weighted by Gasteiger charge is 2.21. The minimum atomic E-state index is -1.15. The minimum Gasteiger partial charge on any atom is -0.478 e. The summed E-state index contributed by atoms with van der Waals surface area (Å²) >= 11 is 5.76. The number of hydrogen-bond donors (Lipinski definition) is 4. The molecule has 0 unspecified atom stereocenters. The van der Waals surface area contributed by atoms with Crippen LogP contribution in [0.2, 0.25) is 5.02 Å². The number of rotatable bonds is 3. The number of aliphatic hydroxyl groups excluding tert-OH is 1. The van der Waals surface area contributed by atoms with Gasteiger partial charge in [0.1, 0.15) is 0 Å². The molecule has 1 aromatic carbocycles. The quantitative estimate of drug-likeness (QED) is 0.689. The van der Waals surface area contributed by atoms with Gasteiger partial charge >= 0.3 is 12.0 Å². The molecule has 0 spiro atoms. The van der Waals surface area contributed by atoms with Gasteiger partial charge in [0, 0.05) is 11.7 Å². The molecule has 0 saturated heterocycles. The van der Waals surface area contributed by atoms with Gasteiger partial charge in [-0.2, -0.15) is 0 Å². The van der Waals surface area contributed by atoms with Crippen LogP contribution in [0.1, 0.15) is 36.0 Å². The third kappa shape index (κ3) is 4.34. The van der Waals surface area contributed by atoms with E-state index in [2.05, 4.69) is 10.6 Å². The Bertz CT molecular complexity index is 542. The Morgan fingerprint density at radius 1 is 1.19 bits per heavy atom. The van der Waals surface area contributed by atoms with Crippen molar-refractivity contribution in [2.75, 3.05) is 5.32 Å². The molecule has 7 heteroatoms. The van der Waals surface area contributed by atoms with Gasteiger partial charge in [0.05, 0.1) is 16.7 Å². The maximum Gasteiger partial charge on any atom is 0.337 e. The van der Waals surface area contributed by atoms with E-state index in [-0.39, 0.29) is 22.7 Å². The summed E-state index contributed by atoms with van der Waals surface area (Å²) in [6.45, 7) is 0. The van der Waals surface area contributed by atoms with E-state index < -0.39 is 12.0 Å². The topological polar surface area (TPSA) is 98.7 Å². The first-order chi connectivity index (χ1) is 9.95. The molecular formula is C14H17ClN2O4. The number of benzene rings is 1. The molecule has 1 saturated carbocycles. The second kappa shape index (κ2) is 6.78. The lowest BCUT2D eigenvalue weighted by molar-refractivity contribution is 0.0697. The molecule has 114 valence electrons. The fourth-order valence-electron chi connectivity index (χ4n) is 2.34. The minimum absolute atomic E-state index is 0.0274. The predicted octanol–water partition coefficient (Wildman–Crippen LogP) is 2.46. The average molecular weight is 313 g/mol. The van der Waals surface area contributed by atoms with Crippen LogP contribution in [0, 0.1) is 0 Å². The molecule has 1 aromatic rings. The average Bonchev–Trinajstić information content (AvgIpc) is 2.43. The summed E-state index contributed by atoms with van der Waals surface area (Å²) in [7, 11) is 0. The van der Waals surface area contributed by atoms with Crippen molar-refractivity contribution in [1.82, 2.24) is 5.32 Å². The van der Waals surface area contributed by atoms with Crippen LogP contribution in [0.3, 0.4) is 0 Å². The van der Waals surface area contributed by atoms with Crippen molar-refractivity contribution in [3.63, 3.8) is 0 Å². The Morgan fingerprint density at radius 3 is 2.48 bits per heavy atom. The van der Waals surface area contributed by atoms with Crippen molar-refractivity contribution in [2.45, 2.75) is 37.8 Å². The van der Waals surface area contributed by atoms with Crippen LogP contribution in [0.5, 0.6) is 0 Å². The largest absolute Gasteiger partial charge is 0.478 e. The van der Waals surface area contributed by atoms with E-state index >= 15 is 0 Å². The fraction of sp³-hybridized carbons (Fsp3) is 0.429. The number of halogens is 1. The number of nitrogens with one attached hydrogen (secondary N) is 2. The maximum atomic E-state index is 11.9. The van der Waals surface area contributed by atoms with Crippen LogP contribution in [0.4, 0.5) is 10.5 Å². The number of carboxylic acids is 1. The highest BCUT2D eigenvalue weighted by atomic mass is 35.5. The van der Waals surface area contributed by atoms with Gasteiger partial charge in [-0.15, -0.1) is 0 Å². The van der Waals surface area contributed by atoms with Gasteiger partial charge < -0.3 is 20.8 Å². The molecule has 1 fully saturated rings. The molecule has 1 aliphatic rings. The van der Waals surface area contributed by atoms with E-state index in [1.807, 2.05) is 0 Å². The molecule has 0 bridgehead atoms. The highest BCUT2D eigenvalue weighted by molar-refractivity contribution is 6.33. The molecule has 21 heavy (non-hydrogen) atoms. The SMILES string of the molecule is O=C(Nc1ccc(Cl)c(C(=O)O)c1)NC1CCC(O)CC1. The Morgan fingerprint density at radius 2 is 1.86 bits per heavy atom. The van der Waals surface area contributed by atoms with Gasteiger partial charge in [-0.3, -0.25) is 0 Å². The van der Waals surface area contributed by atoms with Crippen molar-refractivity contribution in [3.05, 3.63) is 28.8 Å². The van der Waals surface area contributed by atoms with Gasteiger partial charge in [0.2, 0.25) is 0 Å². The van der Waals surface area contributed by atoms with Crippen LogP contribution in [-0.2, 0) is 0 Å². The van der Waals surface area contributed by atoms with E-state index in [4.69, 9.17) is 16.7 Å². The molecule has 4 N–H and O–H groups in total. The number of urea groups is 1. The van der Waals surface area contributed by atoms with Crippen LogP contribution in [0.15, 0.2) is 18.2 Å². The Labute approximate surface area is 127 Å². The summed E-state index contributed by atoms with van der Waals surface area (Å²) in [6.07, 6.45) is 2.54. The summed E-state index contributed by atoms with van der Waals surface area (Å²) < 4.78 is 0. The van der Waals surface area contributed by atoms with Crippen molar-refractivity contribution >= 4 is 29.3 Å². The molecule has 0 atom stereocenters.